The Labute approximate surface area is 418 Å². The zero-order chi connectivity index (χ0) is 48.8. The predicted molar refractivity (Wildman–Crippen MR) is 289 cm³/mol. The molecule has 0 aliphatic rings. The molecule has 2 atom stereocenters. The van der Waals surface area contributed by atoms with Gasteiger partial charge in [0.25, 0.3) is 0 Å². The number of ether oxygens (including phenoxy) is 3. The summed E-state index contributed by atoms with van der Waals surface area (Å²) >= 11 is 0. The molecule has 0 amide bonds. The second kappa shape index (κ2) is 55.3. The van der Waals surface area contributed by atoms with Gasteiger partial charge in [-0.3, -0.25) is 14.4 Å². The third kappa shape index (κ3) is 53.6. The standard InChI is InChI=1S/C61H118O6/c1-5-8-10-12-14-16-18-20-22-24-25-26-28-30-32-38-42-46-50-54-61(64)67-58(56-66-60(63)53-49-45-41-37-34-33-35-39-43-47-51-57(4)7-3)55-65-59(62)52-48-44-40-36-31-29-27-23-21-19-17-15-13-11-9-6-2/h57-58H,5-56H2,1-4H3/t57?,58-/m0/s1. The molecule has 0 heterocycles. The Kier molecular flexibility index (Phi) is 54.0. The van der Waals surface area contributed by atoms with E-state index in [1.165, 1.54) is 244 Å². The van der Waals surface area contributed by atoms with Gasteiger partial charge in [-0.1, -0.05) is 310 Å². The Morgan fingerprint density at radius 1 is 0.299 bits per heavy atom. The van der Waals surface area contributed by atoms with E-state index >= 15 is 0 Å². The summed E-state index contributed by atoms with van der Waals surface area (Å²) in [5.74, 6) is 0.0371. The summed E-state index contributed by atoms with van der Waals surface area (Å²) in [6.45, 7) is 9.09. The van der Waals surface area contributed by atoms with Crippen molar-refractivity contribution < 1.29 is 28.6 Å². The maximum atomic E-state index is 12.9. The first-order valence-electron chi connectivity index (χ1n) is 30.4. The molecular weight excluding hydrogens is 829 g/mol. The molecule has 0 saturated carbocycles. The van der Waals surface area contributed by atoms with Gasteiger partial charge in [0.05, 0.1) is 0 Å². The van der Waals surface area contributed by atoms with E-state index < -0.39 is 6.10 Å². The Balaban J connectivity index is 4.29. The zero-order valence-electron chi connectivity index (χ0n) is 45.9. The van der Waals surface area contributed by atoms with Crippen LogP contribution in [0.4, 0.5) is 0 Å². The van der Waals surface area contributed by atoms with E-state index in [2.05, 4.69) is 27.7 Å². The molecule has 0 rings (SSSR count). The highest BCUT2D eigenvalue weighted by atomic mass is 16.6. The quantitative estimate of drug-likeness (QED) is 0.0343. The van der Waals surface area contributed by atoms with Crippen LogP contribution in [0.3, 0.4) is 0 Å². The Morgan fingerprint density at radius 2 is 0.522 bits per heavy atom. The van der Waals surface area contributed by atoms with Crippen LogP contribution in [0.25, 0.3) is 0 Å². The summed E-state index contributed by atoms with van der Waals surface area (Å²) in [4.78, 5) is 38.2. The van der Waals surface area contributed by atoms with Crippen LogP contribution in [0.1, 0.15) is 349 Å². The van der Waals surface area contributed by atoms with E-state index in [1.807, 2.05) is 0 Å². The molecule has 0 aromatic carbocycles. The van der Waals surface area contributed by atoms with Crippen LogP contribution in [0.2, 0.25) is 0 Å². The number of carbonyl (C=O) groups is 3. The molecule has 0 spiro atoms. The van der Waals surface area contributed by atoms with E-state index in [1.54, 1.807) is 0 Å². The topological polar surface area (TPSA) is 78.9 Å². The highest BCUT2D eigenvalue weighted by molar-refractivity contribution is 5.71. The van der Waals surface area contributed by atoms with Crippen molar-refractivity contribution in [2.75, 3.05) is 13.2 Å². The average molecular weight is 948 g/mol. The minimum Gasteiger partial charge on any atom is -0.462 e. The molecule has 0 aromatic heterocycles. The molecule has 0 N–H and O–H groups in total. The number of unbranched alkanes of at least 4 members (excludes halogenated alkanes) is 42. The number of rotatable bonds is 56. The fourth-order valence-electron chi connectivity index (χ4n) is 9.42. The molecule has 1 unspecified atom stereocenters. The molecule has 0 bridgehead atoms. The molecule has 67 heavy (non-hydrogen) atoms. The van der Waals surface area contributed by atoms with Crippen molar-refractivity contribution >= 4 is 17.9 Å². The number of hydrogen-bond donors (Lipinski definition) is 0. The maximum absolute atomic E-state index is 12.9. The normalized spacial score (nSPS) is 12.4. The van der Waals surface area contributed by atoms with Crippen molar-refractivity contribution in [1.82, 2.24) is 0 Å². The van der Waals surface area contributed by atoms with E-state index in [9.17, 15) is 14.4 Å². The fourth-order valence-corrected chi connectivity index (χ4v) is 9.42. The lowest BCUT2D eigenvalue weighted by molar-refractivity contribution is -0.167. The van der Waals surface area contributed by atoms with Crippen molar-refractivity contribution in [3.8, 4) is 0 Å². The van der Waals surface area contributed by atoms with Gasteiger partial charge in [-0.15, -0.1) is 0 Å². The predicted octanol–water partition coefficient (Wildman–Crippen LogP) is 20.2. The first kappa shape index (κ1) is 65.4. The van der Waals surface area contributed by atoms with Crippen molar-refractivity contribution in [1.29, 1.82) is 0 Å². The van der Waals surface area contributed by atoms with Crippen LogP contribution >= 0.6 is 0 Å². The van der Waals surface area contributed by atoms with E-state index in [-0.39, 0.29) is 31.1 Å². The largest absolute Gasteiger partial charge is 0.462 e. The minimum absolute atomic E-state index is 0.0617. The van der Waals surface area contributed by atoms with Crippen molar-refractivity contribution in [3.63, 3.8) is 0 Å². The second-order valence-electron chi connectivity index (χ2n) is 21.2. The van der Waals surface area contributed by atoms with Gasteiger partial charge in [0, 0.05) is 19.3 Å². The molecule has 398 valence electrons. The van der Waals surface area contributed by atoms with Gasteiger partial charge >= 0.3 is 17.9 Å². The van der Waals surface area contributed by atoms with Crippen LogP contribution in [0, 0.1) is 5.92 Å². The van der Waals surface area contributed by atoms with E-state index in [0.717, 1.165) is 63.7 Å². The smallest absolute Gasteiger partial charge is 0.306 e. The summed E-state index contributed by atoms with van der Waals surface area (Å²) in [6.07, 6.45) is 60.9. The van der Waals surface area contributed by atoms with Crippen LogP contribution in [-0.4, -0.2) is 37.2 Å². The van der Waals surface area contributed by atoms with Crippen LogP contribution < -0.4 is 0 Å². The van der Waals surface area contributed by atoms with Gasteiger partial charge in [-0.2, -0.15) is 0 Å². The van der Waals surface area contributed by atoms with E-state index in [0.29, 0.717) is 19.3 Å². The molecule has 0 radical (unpaired) electrons. The molecule has 0 aromatic rings. The SMILES string of the molecule is CCCCCCCCCCCCCCCCCCCCCC(=O)O[C@@H](COC(=O)CCCCCCCCCCCCCCCCCC)COC(=O)CCCCCCCCCCCCC(C)CC. The molecule has 6 nitrogen and oxygen atoms in total. The Bertz CT molecular complexity index is 1010. The van der Waals surface area contributed by atoms with Crippen molar-refractivity contribution in [2.45, 2.75) is 355 Å². The average Bonchev–Trinajstić information content (AvgIpc) is 3.33. The third-order valence-corrected chi connectivity index (χ3v) is 14.4. The molecule has 0 aliphatic carbocycles. The highest BCUT2D eigenvalue weighted by Crippen LogP contribution is 2.19. The first-order valence-corrected chi connectivity index (χ1v) is 30.4. The summed E-state index contributed by atoms with van der Waals surface area (Å²) < 4.78 is 16.9. The molecule has 0 fully saturated rings. The number of hydrogen-bond acceptors (Lipinski definition) is 6. The van der Waals surface area contributed by atoms with Crippen molar-refractivity contribution in [3.05, 3.63) is 0 Å². The first-order chi connectivity index (χ1) is 32.9. The summed E-state index contributed by atoms with van der Waals surface area (Å²) in [5, 5.41) is 0. The van der Waals surface area contributed by atoms with Gasteiger partial charge < -0.3 is 14.2 Å². The molecular formula is C61H118O6. The zero-order valence-corrected chi connectivity index (χ0v) is 45.9. The van der Waals surface area contributed by atoms with E-state index in [4.69, 9.17) is 14.2 Å². The van der Waals surface area contributed by atoms with Crippen LogP contribution in [-0.2, 0) is 28.6 Å². The van der Waals surface area contributed by atoms with Gasteiger partial charge in [-0.05, 0) is 25.2 Å². The highest BCUT2D eigenvalue weighted by Gasteiger charge is 2.19. The van der Waals surface area contributed by atoms with Crippen LogP contribution in [0.15, 0.2) is 0 Å². The summed E-state index contributed by atoms with van der Waals surface area (Å²) in [5.41, 5.74) is 0. The van der Waals surface area contributed by atoms with Gasteiger partial charge in [0.15, 0.2) is 6.10 Å². The third-order valence-electron chi connectivity index (χ3n) is 14.4. The summed E-state index contributed by atoms with van der Waals surface area (Å²) in [7, 11) is 0. The maximum Gasteiger partial charge on any atom is 0.306 e. The minimum atomic E-state index is -0.762. The lowest BCUT2D eigenvalue weighted by Gasteiger charge is -2.18. The summed E-state index contributed by atoms with van der Waals surface area (Å²) in [6, 6.07) is 0. The Morgan fingerprint density at radius 3 is 0.776 bits per heavy atom. The van der Waals surface area contributed by atoms with Crippen molar-refractivity contribution in [2.24, 2.45) is 5.92 Å². The van der Waals surface area contributed by atoms with Gasteiger partial charge in [-0.25, -0.2) is 0 Å². The van der Waals surface area contributed by atoms with Gasteiger partial charge in [0.1, 0.15) is 13.2 Å². The number of carbonyl (C=O) groups excluding carboxylic acids is 3. The molecule has 6 heteroatoms. The lowest BCUT2D eigenvalue weighted by Crippen LogP contribution is -2.30. The molecule has 0 saturated heterocycles. The lowest BCUT2D eigenvalue weighted by atomic mass is 9.99. The Hall–Kier alpha value is -1.59. The second-order valence-corrected chi connectivity index (χ2v) is 21.2. The van der Waals surface area contributed by atoms with Gasteiger partial charge in [0.2, 0.25) is 0 Å². The number of esters is 3. The molecule has 0 aliphatic heterocycles. The van der Waals surface area contributed by atoms with Crippen LogP contribution in [0.5, 0.6) is 0 Å². The fraction of sp³-hybridized carbons (Fsp3) is 0.951. The monoisotopic (exact) mass is 947 g/mol.